The molecule has 1 fully saturated rings. The lowest BCUT2D eigenvalue weighted by molar-refractivity contribution is -0.138. The second-order valence-corrected chi connectivity index (χ2v) is 7.77. The molecule has 1 aromatic heterocycles. The van der Waals surface area contributed by atoms with E-state index in [0.29, 0.717) is 42.8 Å². The average molecular weight is 448 g/mol. The van der Waals surface area contributed by atoms with Crippen molar-refractivity contribution in [3.05, 3.63) is 70.7 Å². The van der Waals surface area contributed by atoms with E-state index in [9.17, 15) is 18.0 Å². The zero-order valence-corrected chi connectivity index (χ0v) is 17.2. The Morgan fingerprint density at radius 2 is 1.90 bits per heavy atom. The first kappa shape index (κ1) is 21.3. The third kappa shape index (κ3) is 5.05. The van der Waals surface area contributed by atoms with E-state index in [1.807, 2.05) is 6.07 Å². The minimum absolute atomic E-state index is 0.0630. The van der Waals surface area contributed by atoms with E-state index in [-0.39, 0.29) is 18.1 Å². The summed E-state index contributed by atoms with van der Waals surface area (Å²) in [5, 5.41) is 2.35. The van der Waals surface area contributed by atoms with Gasteiger partial charge in [0.25, 0.3) is 5.91 Å². The van der Waals surface area contributed by atoms with E-state index in [1.54, 1.807) is 34.5 Å². The molecular formula is C22H19F3N2O3S. The number of carbonyl (C=O) groups excluding carboxylic acids is 1. The predicted octanol–water partition coefficient (Wildman–Crippen LogP) is 4.88. The maximum atomic E-state index is 13.2. The summed E-state index contributed by atoms with van der Waals surface area (Å²) in [7, 11) is 0. The SMILES string of the molecule is O=C(c1csc(-c2cccc(OCc3ccccc3C(F)(F)F)c2)n1)N1CCOCC1. The number of carbonyl (C=O) groups is 1. The highest BCUT2D eigenvalue weighted by Gasteiger charge is 2.33. The van der Waals surface area contributed by atoms with Gasteiger partial charge >= 0.3 is 6.18 Å². The molecule has 0 bridgehead atoms. The lowest BCUT2D eigenvalue weighted by Crippen LogP contribution is -2.40. The molecule has 0 atom stereocenters. The Labute approximate surface area is 181 Å². The third-order valence-corrected chi connectivity index (χ3v) is 5.71. The summed E-state index contributed by atoms with van der Waals surface area (Å²) < 4.78 is 50.4. The number of rotatable bonds is 5. The summed E-state index contributed by atoms with van der Waals surface area (Å²) in [5.41, 5.74) is 0.449. The number of thiazole rings is 1. The van der Waals surface area contributed by atoms with E-state index in [4.69, 9.17) is 9.47 Å². The molecule has 0 N–H and O–H groups in total. The Kier molecular flexibility index (Phi) is 6.24. The van der Waals surface area contributed by atoms with Crippen molar-refractivity contribution >= 4 is 17.2 Å². The first-order valence-corrected chi connectivity index (χ1v) is 10.5. The molecule has 1 amide bonds. The standard InChI is InChI=1S/C22H19F3N2O3S/c23-22(24,25)18-7-2-1-4-16(18)13-30-17-6-3-5-15(12-17)20-26-19(14-31-20)21(28)27-8-10-29-11-9-27/h1-7,12,14H,8-11,13H2. The van der Waals surface area contributed by atoms with Gasteiger partial charge in [-0.1, -0.05) is 30.3 Å². The molecule has 162 valence electrons. The van der Waals surface area contributed by atoms with Gasteiger partial charge in [0.05, 0.1) is 18.8 Å². The van der Waals surface area contributed by atoms with Crippen molar-refractivity contribution in [1.82, 2.24) is 9.88 Å². The highest BCUT2D eigenvalue weighted by molar-refractivity contribution is 7.13. The number of aromatic nitrogens is 1. The summed E-state index contributed by atoms with van der Waals surface area (Å²) in [6.07, 6.45) is -4.44. The summed E-state index contributed by atoms with van der Waals surface area (Å²) in [5.74, 6) is 0.285. The maximum Gasteiger partial charge on any atom is 0.416 e. The van der Waals surface area contributed by atoms with Gasteiger partial charge in [-0.15, -0.1) is 11.3 Å². The molecule has 0 aliphatic carbocycles. The van der Waals surface area contributed by atoms with Crippen LogP contribution in [0.3, 0.4) is 0 Å². The number of benzene rings is 2. The number of nitrogens with zero attached hydrogens (tertiary/aromatic N) is 2. The first-order chi connectivity index (χ1) is 14.9. The van der Waals surface area contributed by atoms with Gasteiger partial charge in [-0.05, 0) is 18.2 Å². The van der Waals surface area contributed by atoms with E-state index in [1.165, 1.54) is 23.5 Å². The minimum atomic E-state index is -4.44. The lowest BCUT2D eigenvalue weighted by Gasteiger charge is -2.25. The minimum Gasteiger partial charge on any atom is -0.489 e. The molecule has 5 nitrogen and oxygen atoms in total. The summed E-state index contributed by atoms with van der Waals surface area (Å²) >= 11 is 1.33. The Hall–Kier alpha value is -2.91. The second kappa shape index (κ2) is 9.07. The molecule has 0 unspecified atom stereocenters. The lowest BCUT2D eigenvalue weighted by atomic mass is 10.1. The molecular weight excluding hydrogens is 429 g/mol. The fourth-order valence-corrected chi connectivity index (χ4v) is 4.03. The first-order valence-electron chi connectivity index (χ1n) is 9.63. The van der Waals surface area contributed by atoms with Gasteiger partial charge in [-0.25, -0.2) is 4.98 Å². The largest absolute Gasteiger partial charge is 0.489 e. The molecule has 0 radical (unpaired) electrons. The molecule has 3 aromatic rings. The molecule has 31 heavy (non-hydrogen) atoms. The van der Waals surface area contributed by atoms with E-state index in [0.717, 1.165) is 11.6 Å². The van der Waals surface area contributed by atoms with Gasteiger partial charge in [0.2, 0.25) is 0 Å². The highest BCUT2D eigenvalue weighted by Crippen LogP contribution is 2.33. The van der Waals surface area contributed by atoms with Crippen LogP contribution in [0, 0.1) is 0 Å². The smallest absolute Gasteiger partial charge is 0.416 e. The normalized spacial score (nSPS) is 14.5. The molecule has 0 saturated carbocycles. The number of ether oxygens (including phenoxy) is 2. The van der Waals surface area contributed by atoms with Crippen molar-refractivity contribution in [2.45, 2.75) is 12.8 Å². The Morgan fingerprint density at radius 1 is 1.13 bits per heavy atom. The maximum absolute atomic E-state index is 13.2. The van der Waals surface area contributed by atoms with Gasteiger partial charge in [0, 0.05) is 29.6 Å². The fraction of sp³-hybridized carbons (Fsp3) is 0.273. The van der Waals surface area contributed by atoms with Crippen LogP contribution in [0.25, 0.3) is 10.6 Å². The van der Waals surface area contributed by atoms with Gasteiger partial charge in [0.15, 0.2) is 0 Å². The zero-order chi connectivity index (χ0) is 21.8. The van der Waals surface area contributed by atoms with Crippen LogP contribution in [0.4, 0.5) is 13.2 Å². The van der Waals surface area contributed by atoms with Crippen molar-refractivity contribution in [3.63, 3.8) is 0 Å². The molecule has 4 rings (SSSR count). The number of hydrogen-bond acceptors (Lipinski definition) is 5. The number of morpholine rings is 1. The van der Waals surface area contributed by atoms with Gasteiger partial charge < -0.3 is 14.4 Å². The Bertz CT molecular complexity index is 1060. The van der Waals surface area contributed by atoms with Crippen LogP contribution < -0.4 is 4.74 Å². The van der Waals surface area contributed by atoms with Crippen molar-refractivity contribution in [2.75, 3.05) is 26.3 Å². The van der Waals surface area contributed by atoms with Crippen LogP contribution in [-0.4, -0.2) is 42.1 Å². The molecule has 9 heteroatoms. The van der Waals surface area contributed by atoms with Crippen LogP contribution in [-0.2, 0) is 17.5 Å². The number of alkyl halides is 3. The monoisotopic (exact) mass is 448 g/mol. The highest BCUT2D eigenvalue weighted by atomic mass is 32.1. The molecule has 1 saturated heterocycles. The van der Waals surface area contributed by atoms with Crippen LogP contribution in [0.15, 0.2) is 53.9 Å². The van der Waals surface area contributed by atoms with Crippen molar-refractivity contribution in [3.8, 4) is 16.3 Å². The molecule has 2 aromatic carbocycles. The summed E-state index contributed by atoms with van der Waals surface area (Å²) in [6, 6.07) is 12.3. The van der Waals surface area contributed by atoms with Crippen molar-refractivity contribution in [2.24, 2.45) is 0 Å². The predicted molar refractivity (Wildman–Crippen MR) is 110 cm³/mol. The third-order valence-electron chi connectivity index (χ3n) is 4.82. The quantitative estimate of drug-likeness (QED) is 0.558. The topological polar surface area (TPSA) is 51.7 Å². The van der Waals surface area contributed by atoms with Gasteiger partial charge in [-0.2, -0.15) is 13.2 Å². The molecule has 1 aliphatic rings. The van der Waals surface area contributed by atoms with Crippen molar-refractivity contribution in [1.29, 1.82) is 0 Å². The molecule has 2 heterocycles. The Morgan fingerprint density at radius 3 is 2.68 bits per heavy atom. The Balaban J connectivity index is 1.47. The number of halogens is 3. The van der Waals surface area contributed by atoms with E-state index >= 15 is 0 Å². The van der Waals surface area contributed by atoms with Crippen LogP contribution >= 0.6 is 11.3 Å². The summed E-state index contributed by atoms with van der Waals surface area (Å²) in [6.45, 7) is 1.89. The van der Waals surface area contributed by atoms with Gasteiger partial charge in [0.1, 0.15) is 23.1 Å². The number of amides is 1. The molecule has 1 aliphatic heterocycles. The van der Waals surface area contributed by atoms with E-state index < -0.39 is 11.7 Å². The number of hydrogen-bond donors (Lipinski definition) is 0. The second-order valence-electron chi connectivity index (χ2n) is 6.91. The summed E-state index contributed by atoms with van der Waals surface area (Å²) in [4.78, 5) is 18.7. The van der Waals surface area contributed by atoms with Crippen molar-refractivity contribution < 1.29 is 27.4 Å². The average Bonchev–Trinajstić information content (AvgIpc) is 3.28. The van der Waals surface area contributed by atoms with Gasteiger partial charge in [-0.3, -0.25) is 4.79 Å². The van der Waals surface area contributed by atoms with Crippen LogP contribution in [0.1, 0.15) is 21.6 Å². The van der Waals surface area contributed by atoms with Crippen LogP contribution in [0.2, 0.25) is 0 Å². The van der Waals surface area contributed by atoms with Crippen LogP contribution in [0.5, 0.6) is 5.75 Å². The van der Waals surface area contributed by atoms with E-state index in [2.05, 4.69) is 4.98 Å². The zero-order valence-electron chi connectivity index (χ0n) is 16.4. The fourth-order valence-electron chi connectivity index (χ4n) is 3.24. The molecule has 0 spiro atoms.